The molecule has 2 aromatic carbocycles. The van der Waals surface area contributed by atoms with E-state index in [1.807, 2.05) is 31.2 Å². The third-order valence-corrected chi connectivity index (χ3v) is 6.13. The van der Waals surface area contributed by atoms with Crippen molar-refractivity contribution < 1.29 is 24.2 Å². The number of imidazole rings is 1. The smallest absolute Gasteiger partial charge is 0.407 e. The molecule has 1 aliphatic carbocycles. The molecule has 0 aliphatic heterocycles. The molecule has 2 amide bonds. The zero-order valence-corrected chi connectivity index (χ0v) is 19.4. The van der Waals surface area contributed by atoms with Crippen LogP contribution >= 0.6 is 0 Å². The Hall–Kier alpha value is -4.14. The van der Waals surface area contributed by atoms with Gasteiger partial charge in [-0.1, -0.05) is 55.5 Å². The molecule has 9 nitrogen and oxygen atoms in total. The fourth-order valence-electron chi connectivity index (χ4n) is 4.32. The van der Waals surface area contributed by atoms with Crippen molar-refractivity contribution in [2.75, 3.05) is 13.2 Å². The third kappa shape index (κ3) is 5.68. The molecule has 1 aromatic heterocycles. The molecule has 0 fully saturated rings. The molecule has 182 valence electrons. The molecule has 3 aromatic rings. The van der Waals surface area contributed by atoms with Crippen molar-refractivity contribution in [2.45, 2.75) is 38.3 Å². The van der Waals surface area contributed by atoms with Gasteiger partial charge in [-0.2, -0.15) is 0 Å². The van der Waals surface area contributed by atoms with Crippen LogP contribution in [0.15, 0.2) is 61.1 Å². The molecule has 0 spiro atoms. The lowest BCUT2D eigenvalue weighted by Gasteiger charge is -2.19. The minimum absolute atomic E-state index is 0.0265. The summed E-state index contributed by atoms with van der Waals surface area (Å²) in [6.07, 6.45) is 2.95. The molecule has 0 saturated carbocycles. The third-order valence-electron chi connectivity index (χ3n) is 6.13. The van der Waals surface area contributed by atoms with Gasteiger partial charge >= 0.3 is 12.1 Å². The summed E-state index contributed by atoms with van der Waals surface area (Å²) in [5.74, 6) is -1.34. The Labute approximate surface area is 203 Å². The van der Waals surface area contributed by atoms with Gasteiger partial charge in [0.2, 0.25) is 5.91 Å². The van der Waals surface area contributed by atoms with Crippen molar-refractivity contribution >= 4 is 18.0 Å². The highest BCUT2D eigenvalue weighted by molar-refractivity contribution is 5.85. The predicted octanol–water partition coefficient (Wildman–Crippen LogP) is 3.40. The van der Waals surface area contributed by atoms with Gasteiger partial charge in [-0.05, 0) is 28.7 Å². The molecular formula is C26H28N4O5. The van der Waals surface area contributed by atoms with Gasteiger partial charge in [-0.15, -0.1) is 0 Å². The van der Waals surface area contributed by atoms with Crippen molar-refractivity contribution in [3.05, 3.63) is 77.9 Å². The SMILES string of the molecule is CC[C@H](CC(=O)NCCn1cnc(C(=O)O)c1)NC(=O)OCC1c2ccccc2-c2ccccc21. The number of ether oxygens (including phenoxy) is 1. The van der Waals surface area contributed by atoms with E-state index >= 15 is 0 Å². The molecule has 0 unspecified atom stereocenters. The topological polar surface area (TPSA) is 123 Å². The Balaban J connectivity index is 1.24. The molecule has 1 heterocycles. The average Bonchev–Trinajstić information content (AvgIpc) is 3.45. The van der Waals surface area contributed by atoms with Gasteiger partial charge in [0, 0.05) is 37.7 Å². The van der Waals surface area contributed by atoms with Crippen LogP contribution in [0.1, 0.15) is 47.3 Å². The number of hydrogen-bond acceptors (Lipinski definition) is 5. The largest absolute Gasteiger partial charge is 0.476 e. The number of amides is 2. The van der Waals surface area contributed by atoms with Crippen molar-refractivity contribution in [3.8, 4) is 11.1 Å². The first kappa shape index (κ1) is 24.0. The summed E-state index contributed by atoms with van der Waals surface area (Å²) in [6, 6.07) is 15.9. The lowest BCUT2D eigenvalue weighted by Crippen LogP contribution is -2.40. The molecule has 1 atom stereocenters. The first-order valence-corrected chi connectivity index (χ1v) is 11.6. The lowest BCUT2D eigenvalue weighted by molar-refractivity contribution is -0.121. The van der Waals surface area contributed by atoms with E-state index in [2.05, 4.69) is 39.9 Å². The summed E-state index contributed by atoms with van der Waals surface area (Å²) in [5.41, 5.74) is 4.56. The van der Waals surface area contributed by atoms with Gasteiger partial charge in [0.25, 0.3) is 0 Å². The zero-order valence-electron chi connectivity index (χ0n) is 19.4. The number of alkyl carbamates (subject to hydrolysis) is 1. The number of fused-ring (bicyclic) bond motifs is 3. The Bertz CT molecular complexity index is 1180. The summed E-state index contributed by atoms with van der Waals surface area (Å²) in [6.45, 7) is 2.81. The highest BCUT2D eigenvalue weighted by Crippen LogP contribution is 2.44. The number of benzene rings is 2. The second kappa shape index (κ2) is 10.9. The Morgan fingerprint density at radius 2 is 1.74 bits per heavy atom. The van der Waals surface area contributed by atoms with Gasteiger partial charge in [0.1, 0.15) is 6.61 Å². The highest BCUT2D eigenvalue weighted by Gasteiger charge is 2.29. The van der Waals surface area contributed by atoms with E-state index in [-0.39, 0.29) is 36.6 Å². The number of rotatable bonds is 10. The maximum Gasteiger partial charge on any atom is 0.407 e. The molecule has 35 heavy (non-hydrogen) atoms. The number of nitrogens with zero attached hydrogens (tertiary/aromatic N) is 2. The Morgan fingerprint density at radius 1 is 1.09 bits per heavy atom. The van der Waals surface area contributed by atoms with Crippen molar-refractivity contribution in [3.63, 3.8) is 0 Å². The van der Waals surface area contributed by atoms with Crippen LogP contribution in [0.4, 0.5) is 4.79 Å². The van der Waals surface area contributed by atoms with Crippen molar-refractivity contribution in [1.29, 1.82) is 0 Å². The van der Waals surface area contributed by atoms with Crippen molar-refractivity contribution in [1.82, 2.24) is 20.2 Å². The van der Waals surface area contributed by atoms with E-state index < -0.39 is 12.1 Å². The molecule has 4 rings (SSSR count). The molecule has 1 aliphatic rings. The number of carboxylic acids is 1. The van der Waals surface area contributed by atoms with Crippen molar-refractivity contribution in [2.24, 2.45) is 0 Å². The van der Waals surface area contributed by atoms with E-state index in [9.17, 15) is 14.4 Å². The van der Waals surface area contributed by atoms with E-state index in [0.29, 0.717) is 19.5 Å². The normalized spacial score (nSPS) is 12.9. The van der Waals surface area contributed by atoms with Crippen LogP contribution in [0.25, 0.3) is 11.1 Å². The van der Waals surface area contributed by atoms with Crippen LogP contribution in [-0.2, 0) is 16.1 Å². The second-order valence-corrected chi connectivity index (χ2v) is 8.43. The van der Waals surface area contributed by atoms with Crippen LogP contribution in [-0.4, -0.2) is 51.8 Å². The van der Waals surface area contributed by atoms with Crippen LogP contribution in [0.5, 0.6) is 0 Å². The van der Waals surface area contributed by atoms with Gasteiger partial charge in [0.05, 0.1) is 6.33 Å². The number of aromatic carboxylic acids is 1. The monoisotopic (exact) mass is 476 g/mol. The summed E-state index contributed by atoms with van der Waals surface area (Å²) in [4.78, 5) is 39.5. The van der Waals surface area contributed by atoms with E-state index in [1.165, 1.54) is 12.5 Å². The van der Waals surface area contributed by atoms with E-state index in [1.54, 1.807) is 4.57 Å². The number of hydrogen-bond donors (Lipinski definition) is 3. The minimum Gasteiger partial charge on any atom is -0.476 e. The summed E-state index contributed by atoms with van der Waals surface area (Å²) >= 11 is 0. The Morgan fingerprint density at radius 3 is 2.34 bits per heavy atom. The summed E-state index contributed by atoms with van der Waals surface area (Å²) < 4.78 is 7.17. The molecule has 0 bridgehead atoms. The summed E-state index contributed by atoms with van der Waals surface area (Å²) in [5, 5.41) is 14.5. The Kier molecular flexibility index (Phi) is 7.45. The van der Waals surface area contributed by atoms with Gasteiger partial charge < -0.3 is 25.0 Å². The standard InChI is InChI=1S/C26H28N4O5/c1-2-17(13-24(31)27-11-12-30-14-23(25(32)33)28-16-30)29-26(34)35-15-22-20-9-5-3-7-18(20)19-8-4-6-10-21(19)22/h3-10,14,16-17,22H,2,11-13,15H2,1H3,(H,27,31)(H,29,34)(H,32,33)/t17-/m1/s1. The molecule has 0 saturated heterocycles. The second-order valence-electron chi connectivity index (χ2n) is 8.43. The predicted molar refractivity (Wildman–Crippen MR) is 129 cm³/mol. The molecular weight excluding hydrogens is 448 g/mol. The molecule has 0 radical (unpaired) electrons. The fraction of sp³-hybridized carbons (Fsp3) is 0.308. The zero-order chi connectivity index (χ0) is 24.8. The number of carbonyl (C=O) groups is 3. The fourth-order valence-corrected chi connectivity index (χ4v) is 4.32. The van der Waals surface area contributed by atoms with Crippen LogP contribution in [0.2, 0.25) is 0 Å². The minimum atomic E-state index is -1.10. The number of carbonyl (C=O) groups excluding carboxylic acids is 2. The van der Waals surface area contributed by atoms with E-state index in [4.69, 9.17) is 9.84 Å². The first-order valence-electron chi connectivity index (χ1n) is 11.6. The maximum atomic E-state index is 12.5. The van der Waals surface area contributed by atoms with E-state index in [0.717, 1.165) is 22.3 Å². The summed E-state index contributed by atoms with van der Waals surface area (Å²) in [7, 11) is 0. The molecule has 9 heteroatoms. The highest BCUT2D eigenvalue weighted by atomic mass is 16.5. The van der Waals surface area contributed by atoms with Crippen LogP contribution in [0, 0.1) is 0 Å². The average molecular weight is 477 g/mol. The number of carboxylic acid groups (broad SMARTS) is 1. The first-order chi connectivity index (χ1) is 17.0. The van der Waals surface area contributed by atoms with Gasteiger partial charge in [0.15, 0.2) is 5.69 Å². The number of aromatic nitrogens is 2. The maximum absolute atomic E-state index is 12.5. The van der Waals surface area contributed by atoms with Gasteiger partial charge in [-0.3, -0.25) is 4.79 Å². The van der Waals surface area contributed by atoms with Crippen LogP contribution < -0.4 is 10.6 Å². The number of nitrogens with one attached hydrogen (secondary N) is 2. The quantitative estimate of drug-likeness (QED) is 0.412. The van der Waals surface area contributed by atoms with Gasteiger partial charge in [-0.25, -0.2) is 14.6 Å². The van der Waals surface area contributed by atoms with Crippen LogP contribution in [0.3, 0.4) is 0 Å². The molecule has 3 N–H and O–H groups in total. The lowest BCUT2D eigenvalue weighted by atomic mass is 9.98.